The number of ether oxygens (including phenoxy) is 1. The molecular weight excluding hydrogens is 272 g/mol. The van der Waals surface area contributed by atoms with E-state index in [-0.39, 0.29) is 12.5 Å². The number of carbonyl (C=O) groups excluding carboxylic acids is 1. The molecule has 1 amide bonds. The SMILES string of the molecule is NC(=S)c1ccc(OCC(=O)NCC2CCCC2)cc1. The maximum Gasteiger partial charge on any atom is 0.257 e. The molecule has 1 saturated carbocycles. The largest absolute Gasteiger partial charge is 0.484 e. The number of thiocarbonyl (C=S) groups is 1. The Kier molecular flexibility index (Phi) is 5.35. The predicted molar refractivity (Wildman–Crippen MR) is 82.8 cm³/mol. The molecule has 0 heterocycles. The van der Waals surface area contributed by atoms with Gasteiger partial charge in [-0.25, -0.2) is 0 Å². The first-order valence-corrected chi connectivity index (χ1v) is 7.35. The Balaban J connectivity index is 1.70. The lowest BCUT2D eigenvalue weighted by Gasteiger charge is -2.11. The third kappa shape index (κ3) is 4.49. The van der Waals surface area contributed by atoms with E-state index in [2.05, 4.69) is 5.32 Å². The molecule has 5 heteroatoms. The van der Waals surface area contributed by atoms with E-state index in [9.17, 15) is 4.79 Å². The summed E-state index contributed by atoms with van der Waals surface area (Å²) < 4.78 is 5.42. The van der Waals surface area contributed by atoms with E-state index >= 15 is 0 Å². The van der Waals surface area contributed by atoms with Crippen molar-refractivity contribution >= 4 is 23.1 Å². The highest BCUT2D eigenvalue weighted by Gasteiger charge is 2.15. The van der Waals surface area contributed by atoms with Gasteiger partial charge in [-0.05, 0) is 43.0 Å². The van der Waals surface area contributed by atoms with Crippen LogP contribution in [0.3, 0.4) is 0 Å². The van der Waals surface area contributed by atoms with Crippen molar-refractivity contribution in [3.63, 3.8) is 0 Å². The predicted octanol–water partition coefficient (Wildman–Crippen LogP) is 2.01. The quantitative estimate of drug-likeness (QED) is 0.787. The lowest BCUT2D eigenvalue weighted by molar-refractivity contribution is -0.123. The van der Waals surface area contributed by atoms with Gasteiger partial charge in [0.15, 0.2) is 6.61 Å². The summed E-state index contributed by atoms with van der Waals surface area (Å²) in [5.41, 5.74) is 6.30. The minimum absolute atomic E-state index is 0.0408. The molecular formula is C15H20N2O2S. The summed E-state index contributed by atoms with van der Waals surface area (Å²) in [6.07, 6.45) is 5.02. The number of carbonyl (C=O) groups is 1. The topological polar surface area (TPSA) is 64.3 Å². The molecule has 0 aliphatic heterocycles. The Morgan fingerprint density at radius 2 is 1.95 bits per heavy atom. The zero-order chi connectivity index (χ0) is 14.4. The van der Waals surface area contributed by atoms with E-state index in [1.54, 1.807) is 24.3 Å². The van der Waals surface area contributed by atoms with Crippen LogP contribution in [0.2, 0.25) is 0 Å². The summed E-state index contributed by atoms with van der Waals surface area (Å²) in [6, 6.07) is 7.10. The van der Waals surface area contributed by atoms with Crippen molar-refractivity contribution in [2.24, 2.45) is 11.7 Å². The van der Waals surface area contributed by atoms with Crippen LogP contribution in [0.25, 0.3) is 0 Å². The summed E-state index contributed by atoms with van der Waals surface area (Å²) in [4.78, 5) is 12.0. The molecule has 1 aromatic carbocycles. The maximum atomic E-state index is 11.7. The minimum Gasteiger partial charge on any atom is -0.484 e. The number of benzene rings is 1. The Morgan fingerprint density at radius 1 is 1.30 bits per heavy atom. The van der Waals surface area contributed by atoms with Gasteiger partial charge in [0, 0.05) is 12.1 Å². The highest BCUT2D eigenvalue weighted by atomic mass is 32.1. The van der Waals surface area contributed by atoms with Crippen LogP contribution in [0.1, 0.15) is 31.2 Å². The van der Waals surface area contributed by atoms with Gasteiger partial charge in [0.05, 0.1) is 0 Å². The van der Waals surface area contributed by atoms with E-state index in [4.69, 9.17) is 22.7 Å². The molecule has 0 spiro atoms. The molecule has 1 aliphatic carbocycles. The van der Waals surface area contributed by atoms with Gasteiger partial charge >= 0.3 is 0 Å². The second-order valence-corrected chi connectivity index (χ2v) is 5.57. The Bertz CT molecular complexity index is 467. The van der Waals surface area contributed by atoms with Gasteiger partial charge in [-0.15, -0.1) is 0 Å². The summed E-state index contributed by atoms with van der Waals surface area (Å²) in [5, 5.41) is 2.92. The molecule has 1 aromatic rings. The van der Waals surface area contributed by atoms with Crippen LogP contribution in [-0.2, 0) is 4.79 Å². The second-order valence-electron chi connectivity index (χ2n) is 5.13. The number of nitrogens with one attached hydrogen (secondary N) is 1. The van der Waals surface area contributed by atoms with Crippen molar-refractivity contribution in [3.8, 4) is 5.75 Å². The van der Waals surface area contributed by atoms with Gasteiger partial charge in [0.1, 0.15) is 10.7 Å². The van der Waals surface area contributed by atoms with Gasteiger partial charge in [0.2, 0.25) is 0 Å². The summed E-state index contributed by atoms with van der Waals surface area (Å²) >= 11 is 4.87. The molecule has 0 saturated heterocycles. The van der Waals surface area contributed by atoms with Gasteiger partial charge in [0.25, 0.3) is 5.91 Å². The number of hydrogen-bond acceptors (Lipinski definition) is 3. The smallest absolute Gasteiger partial charge is 0.257 e. The van der Waals surface area contributed by atoms with Gasteiger partial charge in [-0.1, -0.05) is 25.1 Å². The normalized spacial score (nSPS) is 15.0. The van der Waals surface area contributed by atoms with Crippen molar-refractivity contribution in [1.29, 1.82) is 0 Å². The van der Waals surface area contributed by atoms with Gasteiger partial charge in [-0.3, -0.25) is 4.79 Å². The Morgan fingerprint density at radius 3 is 2.55 bits per heavy atom. The summed E-state index contributed by atoms with van der Waals surface area (Å²) in [5.74, 6) is 1.21. The van der Waals surface area contributed by atoms with Gasteiger partial charge in [-0.2, -0.15) is 0 Å². The average Bonchev–Trinajstić information content (AvgIpc) is 2.96. The second kappa shape index (κ2) is 7.24. The standard InChI is InChI=1S/C15H20N2O2S/c16-15(20)12-5-7-13(8-6-12)19-10-14(18)17-9-11-3-1-2-4-11/h5-8,11H,1-4,9-10H2,(H2,16,20)(H,17,18). The van der Waals surface area contributed by atoms with Crippen LogP contribution in [-0.4, -0.2) is 24.0 Å². The summed E-state index contributed by atoms with van der Waals surface area (Å²) in [6.45, 7) is 0.807. The van der Waals surface area contributed by atoms with E-state index in [0.29, 0.717) is 16.7 Å². The monoisotopic (exact) mass is 292 g/mol. The first-order valence-electron chi connectivity index (χ1n) is 6.94. The molecule has 20 heavy (non-hydrogen) atoms. The number of nitrogens with two attached hydrogens (primary N) is 1. The van der Waals surface area contributed by atoms with Crippen molar-refractivity contribution in [1.82, 2.24) is 5.32 Å². The zero-order valence-electron chi connectivity index (χ0n) is 11.4. The van der Waals surface area contributed by atoms with Crippen LogP contribution in [0.5, 0.6) is 5.75 Å². The molecule has 2 rings (SSSR count). The lowest BCUT2D eigenvalue weighted by Crippen LogP contribution is -2.32. The zero-order valence-corrected chi connectivity index (χ0v) is 12.2. The molecule has 108 valence electrons. The minimum atomic E-state index is -0.0738. The molecule has 0 radical (unpaired) electrons. The van der Waals surface area contributed by atoms with E-state index in [0.717, 1.165) is 12.1 Å². The molecule has 0 aromatic heterocycles. The molecule has 4 nitrogen and oxygen atoms in total. The van der Waals surface area contributed by atoms with E-state index in [1.807, 2.05) is 0 Å². The summed E-state index contributed by atoms with van der Waals surface area (Å²) in [7, 11) is 0. The fraction of sp³-hybridized carbons (Fsp3) is 0.467. The van der Waals surface area contributed by atoms with Crippen molar-refractivity contribution in [2.75, 3.05) is 13.2 Å². The first kappa shape index (κ1) is 14.8. The van der Waals surface area contributed by atoms with Crippen LogP contribution >= 0.6 is 12.2 Å². The molecule has 1 fully saturated rings. The van der Waals surface area contributed by atoms with Gasteiger partial charge < -0.3 is 15.8 Å². The molecule has 0 bridgehead atoms. The highest BCUT2D eigenvalue weighted by Crippen LogP contribution is 2.23. The number of amides is 1. The Labute approximate surface area is 124 Å². The van der Waals surface area contributed by atoms with Crippen molar-refractivity contribution in [2.45, 2.75) is 25.7 Å². The molecule has 0 unspecified atom stereocenters. The third-order valence-corrected chi connectivity index (χ3v) is 3.81. The van der Waals surface area contributed by atoms with Crippen molar-refractivity contribution < 1.29 is 9.53 Å². The third-order valence-electron chi connectivity index (χ3n) is 3.57. The van der Waals surface area contributed by atoms with Crippen LogP contribution < -0.4 is 15.8 Å². The molecule has 1 aliphatic rings. The van der Waals surface area contributed by atoms with Crippen molar-refractivity contribution in [3.05, 3.63) is 29.8 Å². The fourth-order valence-electron chi connectivity index (χ4n) is 2.39. The number of hydrogen-bond donors (Lipinski definition) is 2. The lowest BCUT2D eigenvalue weighted by atomic mass is 10.1. The average molecular weight is 292 g/mol. The van der Waals surface area contributed by atoms with Crippen LogP contribution in [0.15, 0.2) is 24.3 Å². The first-order chi connectivity index (χ1) is 9.65. The highest BCUT2D eigenvalue weighted by molar-refractivity contribution is 7.80. The fourth-order valence-corrected chi connectivity index (χ4v) is 2.52. The molecule has 0 atom stereocenters. The van der Waals surface area contributed by atoms with E-state index in [1.165, 1.54) is 25.7 Å². The van der Waals surface area contributed by atoms with Crippen LogP contribution in [0.4, 0.5) is 0 Å². The Hall–Kier alpha value is -1.62. The van der Waals surface area contributed by atoms with Crippen LogP contribution in [0, 0.1) is 5.92 Å². The molecule has 3 N–H and O–H groups in total. The maximum absolute atomic E-state index is 11.7. The van der Waals surface area contributed by atoms with E-state index < -0.39 is 0 Å². The number of rotatable bonds is 6.